The lowest BCUT2D eigenvalue weighted by molar-refractivity contribution is 0.0475. The van der Waals surface area contributed by atoms with Crippen molar-refractivity contribution in [3.8, 4) is 11.5 Å². The average Bonchev–Trinajstić information content (AvgIpc) is 3.23. The Morgan fingerprint density at radius 3 is 2.76 bits per heavy atom. The zero-order valence-corrected chi connectivity index (χ0v) is 15.8. The number of para-hydroxylation sites is 1. The van der Waals surface area contributed by atoms with Gasteiger partial charge in [-0.15, -0.1) is 0 Å². The minimum atomic E-state index is -0.476. The van der Waals surface area contributed by atoms with Gasteiger partial charge in [0.25, 0.3) is 0 Å². The van der Waals surface area contributed by atoms with Crippen molar-refractivity contribution in [2.75, 3.05) is 13.4 Å². The van der Waals surface area contributed by atoms with Gasteiger partial charge >= 0.3 is 5.97 Å². The number of pyridine rings is 1. The third kappa shape index (κ3) is 3.20. The molecule has 0 amide bonds. The normalized spacial score (nSPS) is 14.5. The lowest BCUT2D eigenvalue weighted by Crippen LogP contribution is -2.18. The number of ketones is 1. The second-order valence-corrected chi connectivity index (χ2v) is 7.20. The highest BCUT2D eigenvalue weighted by Crippen LogP contribution is 2.33. The molecule has 2 aliphatic rings. The van der Waals surface area contributed by atoms with Crippen LogP contribution in [0.25, 0.3) is 10.9 Å². The molecule has 0 unspecified atom stereocenters. The fraction of sp³-hybridized carbons (Fsp3) is 0.261. The fourth-order valence-corrected chi connectivity index (χ4v) is 3.96. The van der Waals surface area contributed by atoms with Crippen LogP contribution in [0.2, 0.25) is 0 Å². The van der Waals surface area contributed by atoms with Crippen LogP contribution in [0.5, 0.6) is 11.5 Å². The molecule has 0 saturated carbocycles. The number of nitrogens with zero attached hydrogens (tertiary/aromatic N) is 1. The number of hydrogen-bond acceptors (Lipinski definition) is 6. The van der Waals surface area contributed by atoms with Crippen LogP contribution in [-0.2, 0) is 17.6 Å². The molecule has 0 fully saturated rings. The molecule has 146 valence electrons. The van der Waals surface area contributed by atoms with Crippen LogP contribution in [0, 0.1) is 0 Å². The number of aryl methyl sites for hydroxylation is 1. The summed E-state index contributed by atoms with van der Waals surface area (Å²) in [6.07, 6.45) is 3.74. The predicted octanol–water partition coefficient (Wildman–Crippen LogP) is 3.88. The number of carbonyl (C=O) groups excluding carboxylic acids is 2. The van der Waals surface area contributed by atoms with Crippen molar-refractivity contribution in [2.24, 2.45) is 0 Å². The molecule has 0 atom stereocenters. The van der Waals surface area contributed by atoms with E-state index in [2.05, 4.69) is 0 Å². The third-order valence-electron chi connectivity index (χ3n) is 5.40. The van der Waals surface area contributed by atoms with Crippen molar-refractivity contribution in [1.82, 2.24) is 4.98 Å². The molecule has 1 aliphatic heterocycles. The molecule has 0 radical (unpaired) electrons. The minimum absolute atomic E-state index is 0.141. The van der Waals surface area contributed by atoms with Crippen molar-refractivity contribution in [2.45, 2.75) is 25.7 Å². The van der Waals surface area contributed by atoms with Crippen LogP contribution in [0.1, 0.15) is 44.8 Å². The molecular formula is C23H19NO5. The first kappa shape index (κ1) is 17.7. The van der Waals surface area contributed by atoms with Gasteiger partial charge in [-0.3, -0.25) is 9.78 Å². The summed E-state index contributed by atoms with van der Waals surface area (Å²) in [4.78, 5) is 30.3. The van der Waals surface area contributed by atoms with Crippen LogP contribution in [-0.4, -0.2) is 30.1 Å². The lowest BCUT2D eigenvalue weighted by atomic mass is 9.90. The number of hydrogen-bond donors (Lipinski definition) is 0. The van der Waals surface area contributed by atoms with E-state index >= 15 is 0 Å². The summed E-state index contributed by atoms with van der Waals surface area (Å²) in [5.41, 5.74) is 3.66. The molecule has 2 heterocycles. The van der Waals surface area contributed by atoms with Gasteiger partial charge in [0.2, 0.25) is 6.79 Å². The van der Waals surface area contributed by atoms with Crippen LogP contribution in [0.15, 0.2) is 42.5 Å². The monoisotopic (exact) mass is 389 g/mol. The van der Waals surface area contributed by atoms with Gasteiger partial charge in [0.15, 0.2) is 23.9 Å². The Bertz CT molecular complexity index is 1140. The summed E-state index contributed by atoms with van der Waals surface area (Å²) in [6, 6.07) is 12.5. The highest BCUT2D eigenvalue weighted by molar-refractivity contribution is 6.06. The van der Waals surface area contributed by atoms with Gasteiger partial charge in [-0.25, -0.2) is 4.79 Å². The maximum Gasteiger partial charge on any atom is 0.339 e. The third-order valence-corrected chi connectivity index (χ3v) is 5.40. The number of Topliss-reactive ketones (excluding diaryl/α,β-unsaturated/α-hetero) is 1. The minimum Gasteiger partial charge on any atom is -0.454 e. The van der Waals surface area contributed by atoms with Crippen LogP contribution >= 0.6 is 0 Å². The quantitative estimate of drug-likeness (QED) is 0.498. The molecule has 6 nitrogen and oxygen atoms in total. The van der Waals surface area contributed by atoms with Crippen molar-refractivity contribution < 1.29 is 23.8 Å². The van der Waals surface area contributed by atoms with Crippen molar-refractivity contribution >= 4 is 22.7 Å². The first-order valence-electron chi connectivity index (χ1n) is 9.71. The first-order chi connectivity index (χ1) is 14.2. The molecule has 29 heavy (non-hydrogen) atoms. The summed E-state index contributed by atoms with van der Waals surface area (Å²) in [5, 5.41) is 0.772. The second kappa shape index (κ2) is 7.20. The van der Waals surface area contributed by atoms with Crippen LogP contribution < -0.4 is 9.47 Å². The van der Waals surface area contributed by atoms with E-state index in [1.807, 2.05) is 24.3 Å². The largest absolute Gasteiger partial charge is 0.454 e. The fourth-order valence-electron chi connectivity index (χ4n) is 3.96. The average molecular weight is 389 g/mol. The van der Waals surface area contributed by atoms with Gasteiger partial charge in [-0.1, -0.05) is 18.2 Å². The summed E-state index contributed by atoms with van der Waals surface area (Å²) < 4.78 is 16.0. The second-order valence-electron chi connectivity index (χ2n) is 7.20. The Hall–Kier alpha value is -3.41. The summed E-state index contributed by atoms with van der Waals surface area (Å²) in [6.45, 7) is -0.188. The molecule has 6 heteroatoms. The Balaban J connectivity index is 1.41. The molecule has 0 N–H and O–H groups in total. The molecular weight excluding hydrogens is 370 g/mol. The molecule has 5 rings (SSSR count). The van der Waals surface area contributed by atoms with E-state index in [1.165, 1.54) is 0 Å². The number of carbonyl (C=O) groups is 2. The number of benzene rings is 2. The van der Waals surface area contributed by atoms with E-state index < -0.39 is 5.97 Å². The number of aromatic nitrogens is 1. The molecule has 2 aromatic carbocycles. The van der Waals surface area contributed by atoms with E-state index in [9.17, 15) is 9.59 Å². The molecule has 0 bridgehead atoms. The number of ether oxygens (including phenoxy) is 3. The molecule has 1 aliphatic carbocycles. The number of esters is 1. The van der Waals surface area contributed by atoms with Crippen molar-refractivity contribution in [1.29, 1.82) is 0 Å². The highest BCUT2D eigenvalue weighted by atomic mass is 16.7. The van der Waals surface area contributed by atoms with Crippen LogP contribution in [0.4, 0.5) is 0 Å². The number of rotatable bonds is 4. The van der Waals surface area contributed by atoms with E-state index in [-0.39, 0.29) is 19.2 Å². The zero-order chi connectivity index (χ0) is 19.8. The highest BCUT2D eigenvalue weighted by Gasteiger charge is 2.24. The van der Waals surface area contributed by atoms with Gasteiger partial charge in [0, 0.05) is 16.6 Å². The first-order valence-corrected chi connectivity index (χ1v) is 9.71. The smallest absolute Gasteiger partial charge is 0.339 e. The summed E-state index contributed by atoms with van der Waals surface area (Å²) in [7, 11) is 0. The standard InChI is InChI=1S/C23H19NO5/c25-19(14-9-10-20-21(11-14)29-13-28-20)12-27-23(26)22-15-5-1-3-7-17(15)24-18-8-4-2-6-16(18)22/h1,3,5,7,9-11H,2,4,6,8,12-13H2. The van der Waals surface area contributed by atoms with Crippen molar-refractivity contribution in [3.05, 3.63) is 64.8 Å². The van der Waals surface area contributed by atoms with E-state index in [4.69, 9.17) is 19.2 Å². The summed E-state index contributed by atoms with van der Waals surface area (Å²) >= 11 is 0. The Kier molecular flexibility index (Phi) is 4.39. The lowest BCUT2D eigenvalue weighted by Gasteiger charge is -2.19. The van der Waals surface area contributed by atoms with Crippen molar-refractivity contribution in [3.63, 3.8) is 0 Å². The van der Waals surface area contributed by atoms with Gasteiger partial charge in [0.1, 0.15) is 0 Å². The van der Waals surface area contributed by atoms with Gasteiger partial charge in [-0.05, 0) is 55.5 Å². The Morgan fingerprint density at radius 2 is 1.83 bits per heavy atom. The van der Waals surface area contributed by atoms with Gasteiger partial charge in [0.05, 0.1) is 11.1 Å². The van der Waals surface area contributed by atoms with Crippen LogP contribution in [0.3, 0.4) is 0 Å². The zero-order valence-electron chi connectivity index (χ0n) is 15.8. The molecule has 1 aromatic heterocycles. The Labute approximate surface area is 167 Å². The molecule has 3 aromatic rings. The molecule has 0 saturated heterocycles. The SMILES string of the molecule is O=C(COC(=O)c1c2c(nc3ccccc13)CCCC2)c1ccc2c(c1)OCO2. The molecule has 0 spiro atoms. The van der Waals surface area contributed by atoms with E-state index in [1.54, 1.807) is 18.2 Å². The van der Waals surface area contributed by atoms with E-state index in [0.29, 0.717) is 22.6 Å². The number of fused-ring (bicyclic) bond motifs is 3. The topological polar surface area (TPSA) is 74.7 Å². The van der Waals surface area contributed by atoms with E-state index in [0.717, 1.165) is 47.8 Å². The van der Waals surface area contributed by atoms with Gasteiger partial charge in [-0.2, -0.15) is 0 Å². The summed E-state index contributed by atoms with van der Waals surface area (Å²) in [5.74, 6) is 0.365. The predicted molar refractivity (Wildman–Crippen MR) is 106 cm³/mol. The maximum absolute atomic E-state index is 13.0. The Morgan fingerprint density at radius 1 is 1.00 bits per heavy atom. The maximum atomic E-state index is 13.0. The van der Waals surface area contributed by atoms with Gasteiger partial charge < -0.3 is 14.2 Å².